The number of nitrogens with zero attached hydrogens (tertiary/aromatic N) is 1. The summed E-state index contributed by atoms with van der Waals surface area (Å²) < 4.78 is 0. The molecular formula is C25H31NO3. The number of fused-ring (bicyclic) bond motifs is 1. The first-order valence-electron chi connectivity index (χ1n) is 10.5. The molecule has 0 amide bonds. The monoisotopic (exact) mass is 393 g/mol. The van der Waals surface area contributed by atoms with Gasteiger partial charge in [-0.1, -0.05) is 45.0 Å². The second kappa shape index (κ2) is 7.26. The molecule has 0 bridgehead atoms. The van der Waals surface area contributed by atoms with Gasteiger partial charge in [0.05, 0.1) is 12.1 Å². The zero-order valence-electron chi connectivity index (χ0n) is 17.6. The average molecular weight is 394 g/mol. The molecule has 1 saturated carbocycles. The van der Waals surface area contributed by atoms with E-state index in [-0.39, 0.29) is 16.9 Å². The van der Waals surface area contributed by atoms with Crippen molar-refractivity contribution in [2.24, 2.45) is 11.8 Å². The minimum absolute atomic E-state index is 0.0815. The zero-order chi connectivity index (χ0) is 20.8. The molecule has 29 heavy (non-hydrogen) atoms. The Morgan fingerprint density at radius 1 is 1.00 bits per heavy atom. The van der Waals surface area contributed by atoms with Gasteiger partial charge in [-0.3, -0.25) is 9.69 Å². The van der Waals surface area contributed by atoms with Crippen molar-refractivity contribution < 1.29 is 15.0 Å². The Bertz CT molecular complexity index is 866. The van der Waals surface area contributed by atoms with Crippen LogP contribution in [0, 0.1) is 11.8 Å². The number of carbonyl (C=O) groups is 1. The molecule has 4 nitrogen and oxygen atoms in total. The first-order chi connectivity index (χ1) is 13.6. The average Bonchev–Trinajstić information content (AvgIpc) is 3.16. The SMILES string of the molecule is CC(C)(C)c1ccc(C2(O)C[C@H]3CN(CC(=O)c4ccc(O)cc4)C[C@H]3C2)cc1. The molecule has 2 fully saturated rings. The fraction of sp³-hybridized carbons (Fsp3) is 0.480. The first kappa shape index (κ1) is 20.1. The molecule has 3 atom stereocenters. The predicted octanol–water partition coefficient (Wildman–Crippen LogP) is 4.10. The maximum absolute atomic E-state index is 12.5. The lowest BCUT2D eigenvalue weighted by Gasteiger charge is -2.27. The smallest absolute Gasteiger partial charge is 0.176 e. The van der Waals surface area contributed by atoms with E-state index in [1.54, 1.807) is 24.3 Å². The molecule has 2 aliphatic rings. The zero-order valence-corrected chi connectivity index (χ0v) is 17.6. The maximum atomic E-state index is 12.5. The lowest BCUT2D eigenvalue weighted by atomic mass is 9.84. The molecule has 2 N–H and O–H groups in total. The van der Waals surface area contributed by atoms with E-state index in [9.17, 15) is 15.0 Å². The summed E-state index contributed by atoms with van der Waals surface area (Å²) in [4.78, 5) is 14.7. The Morgan fingerprint density at radius 2 is 1.55 bits per heavy atom. The number of aliphatic hydroxyl groups is 1. The molecule has 1 saturated heterocycles. The van der Waals surface area contributed by atoms with Crippen molar-refractivity contribution in [2.45, 2.75) is 44.6 Å². The van der Waals surface area contributed by atoms with Gasteiger partial charge in [0.25, 0.3) is 0 Å². The standard InChI is InChI=1S/C25H31NO3/c1-24(2,3)20-6-8-21(9-7-20)25(29)12-18-14-26(15-19(18)13-25)16-23(28)17-4-10-22(27)11-5-17/h4-11,18-19,27,29H,12-16H2,1-3H3/t18-,19+,25?. The van der Waals surface area contributed by atoms with E-state index in [0.29, 0.717) is 23.9 Å². The number of benzene rings is 2. The van der Waals surface area contributed by atoms with Gasteiger partial charge in [0.15, 0.2) is 5.78 Å². The van der Waals surface area contributed by atoms with E-state index < -0.39 is 5.60 Å². The molecule has 4 heteroatoms. The summed E-state index contributed by atoms with van der Waals surface area (Å²) in [6.45, 7) is 8.71. The van der Waals surface area contributed by atoms with Crippen LogP contribution >= 0.6 is 0 Å². The molecule has 1 unspecified atom stereocenters. The van der Waals surface area contributed by atoms with Crippen molar-refractivity contribution in [3.05, 3.63) is 65.2 Å². The summed E-state index contributed by atoms with van der Waals surface area (Å²) in [5, 5.41) is 20.7. The van der Waals surface area contributed by atoms with Crippen LogP contribution < -0.4 is 0 Å². The van der Waals surface area contributed by atoms with Gasteiger partial charge in [0, 0.05) is 18.7 Å². The summed E-state index contributed by atoms with van der Waals surface area (Å²) in [6, 6.07) is 14.9. The van der Waals surface area contributed by atoms with Gasteiger partial charge in [0.2, 0.25) is 0 Å². The van der Waals surface area contributed by atoms with Crippen molar-refractivity contribution in [2.75, 3.05) is 19.6 Å². The second-order valence-electron chi connectivity index (χ2n) is 9.95. The molecular weight excluding hydrogens is 362 g/mol. The second-order valence-corrected chi connectivity index (χ2v) is 9.95. The van der Waals surface area contributed by atoms with Gasteiger partial charge in [-0.25, -0.2) is 0 Å². The number of ketones is 1. The Hall–Kier alpha value is -2.17. The highest BCUT2D eigenvalue weighted by molar-refractivity contribution is 5.97. The third-order valence-corrected chi connectivity index (χ3v) is 6.70. The molecule has 1 aliphatic carbocycles. The van der Waals surface area contributed by atoms with E-state index in [1.807, 2.05) is 0 Å². The fourth-order valence-electron chi connectivity index (χ4n) is 5.04. The number of phenolic OH excluding ortho intramolecular Hbond substituents is 1. The van der Waals surface area contributed by atoms with E-state index in [2.05, 4.69) is 49.9 Å². The number of hydrogen-bond donors (Lipinski definition) is 2. The molecule has 4 rings (SSSR count). The van der Waals surface area contributed by atoms with Crippen molar-refractivity contribution in [1.29, 1.82) is 0 Å². The van der Waals surface area contributed by atoms with E-state index >= 15 is 0 Å². The van der Waals surface area contributed by atoms with Crippen LogP contribution in [0.3, 0.4) is 0 Å². The number of likely N-dealkylation sites (tertiary alicyclic amines) is 1. The van der Waals surface area contributed by atoms with Crippen molar-refractivity contribution in [3.8, 4) is 5.75 Å². The van der Waals surface area contributed by atoms with E-state index in [0.717, 1.165) is 31.5 Å². The topological polar surface area (TPSA) is 60.8 Å². The fourth-order valence-corrected chi connectivity index (χ4v) is 5.04. The summed E-state index contributed by atoms with van der Waals surface area (Å²) in [5.41, 5.74) is 2.29. The lowest BCUT2D eigenvalue weighted by Crippen LogP contribution is -2.31. The van der Waals surface area contributed by atoms with Crippen molar-refractivity contribution >= 4 is 5.78 Å². The van der Waals surface area contributed by atoms with Crippen LogP contribution in [-0.4, -0.2) is 40.5 Å². The number of Topliss-reactive ketones (excluding diaryl/α,β-unsaturated/α-hetero) is 1. The highest BCUT2D eigenvalue weighted by atomic mass is 16.3. The highest BCUT2D eigenvalue weighted by Gasteiger charge is 2.49. The molecule has 2 aromatic rings. The normalized spacial score (nSPS) is 27.2. The predicted molar refractivity (Wildman–Crippen MR) is 114 cm³/mol. The molecule has 1 aliphatic heterocycles. The Labute approximate surface area is 173 Å². The van der Waals surface area contributed by atoms with Gasteiger partial charge >= 0.3 is 0 Å². The first-order valence-corrected chi connectivity index (χ1v) is 10.5. The molecule has 154 valence electrons. The van der Waals surface area contributed by atoms with Gasteiger partial charge in [-0.15, -0.1) is 0 Å². The largest absolute Gasteiger partial charge is 0.508 e. The van der Waals surface area contributed by atoms with Crippen LogP contribution in [0.4, 0.5) is 0 Å². The summed E-state index contributed by atoms with van der Waals surface area (Å²) >= 11 is 0. The third-order valence-electron chi connectivity index (χ3n) is 6.70. The Balaban J connectivity index is 1.38. The molecule has 0 aromatic heterocycles. The third kappa shape index (κ3) is 4.10. The van der Waals surface area contributed by atoms with Crippen LogP contribution in [0.25, 0.3) is 0 Å². The number of phenols is 1. The van der Waals surface area contributed by atoms with Crippen molar-refractivity contribution in [1.82, 2.24) is 4.90 Å². The summed E-state index contributed by atoms with van der Waals surface area (Å²) in [5.74, 6) is 1.11. The van der Waals surface area contributed by atoms with Gasteiger partial charge in [-0.2, -0.15) is 0 Å². The molecule has 2 aromatic carbocycles. The maximum Gasteiger partial charge on any atom is 0.176 e. The molecule has 1 heterocycles. The minimum atomic E-state index is -0.751. The number of hydrogen-bond acceptors (Lipinski definition) is 4. The summed E-state index contributed by atoms with van der Waals surface area (Å²) in [7, 11) is 0. The molecule has 0 spiro atoms. The van der Waals surface area contributed by atoms with E-state index in [4.69, 9.17) is 0 Å². The number of aromatic hydroxyl groups is 1. The van der Waals surface area contributed by atoms with Crippen molar-refractivity contribution in [3.63, 3.8) is 0 Å². The van der Waals surface area contributed by atoms with Gasteiger partial charge < -0.3 is 10.2 Å². The minimum Gasteiger partial charge on any atom is -0.508 e. The van der Waals surface area contributed by atoms with Crippen LogP contribution in [0.2, 0.25) is 0 Å². The van der Waals surface area contributed by atoms with E-state index in [1.165, 1.54) is 5.56 Å². The Kier molecular flexibility index (Phi) is 5.04. The van der Waals surface area contributed by atoms with Crippen LogP contribution in [0.5, 0.6) is 5.75 Å². The van der Waals surface area contributed by atoms with Crippen LogP contribution in [-0.2, 0) is 11.0 Å². The van der Waals surface area contributed by atoms with Gasteiger partial charge in [-0.05, 0) is 65.5 Å². The van der Waals surface area contributed by atoms with Crippen LogP contribution in [0.15, 0.2) is 48.5 Å². The Morgan fingerprint density at radius 3 is 2.07 bits per heavy atom. The highest BCUT2D eigenvalue weighted by Crippen LogP contribution is 2.49. The lowest BCUT2D eigenvalue weighted by molar-refractivity contribution is 0.0315. The quantitative estimate of drug-likeness (QED) is 0.768. The number of carbonyl (C=O) groups excluding carboxylic acids is 1. The van der Waals surface area contributed by atoms with Gasteiger partial charge in [0.1, 0.15) is 5.75 Å². The van der Waals surface area contributed by atoms with Crippen LogP contribution in [0.1, 0.15) is 55.1 Å². The summed E-state index contributed by atoms with van der Waals surface area (Å²) in [6.07, 6.45) is 1.52. The molecule has 0 radical (unpaired) electrons. The number of rotatable bonds is 4.